The van der Waals surface area contributed by atoms with Gasteiger partial charge in [-0.05, 0) is 13.3 Å². The summed E-state index contributed by atoms with van der Waals surface area (Å²) in [7, 11) is 0. The number of nitrogens with one attached hydrogen (secondary N) is 1. The van der Waals surface area contributed by atoms with Crippen molar-refractivity contribution in [2.45, 2.75) is 19.9 Å². The SMILES string of the molecule is CC1(Cn2ccnc2N)CCNC1=O. The van der Waals surface area contributed by atoms with Gasteiger partial charge in [0.1, 0.15) is 0 Å². The van der Waals surface area contributed by atoms with Crippen molar-refractivity contribution in [2.75, 3.05) is 12.3 Å². The molecule has 2 heterocycles. The summed E-state index contributed by atoms with van der Waals surface area (Å²) in [6.07, 6.45) is 4.29. The number of aromatic nitrogens is 2. The van der Waals surface area contributed by atoms with Gasteiger partial charge in [-0.3, -0.25) is 4.79 Å². The lowest BCUT2D eigenvalue weighted by Gasteiger charge is -2.21. The van der Waals surface area contributed by atoms with Crippen molar-refractivity contribution in [3.8, 4) is 0 Å². The summed E-state index contributed by atoms with van der Waals surface area (Å²) in [6, 6.07) is 0. The molecule has 1 fully saturated rings. The number of nitrogens with zero attached hydrogens (tertiary/aromatic N) is 2. The van der Waals surface area contributed by atoms with Crippen molar-refractivity contribution in [3.63, 3.8) is 0 Å². The molecule has 1 aromatic rings. The van der Waals surface area contributed by atoms with E-state index in [0.717, 1.165) is 13.0 Å². The van der Waals surface area contributed by atoms with Crippen LogP contribution in [-0.2, 0) is 11.3 Å². The van der Waals surface area contributed by atoms with Crippen LogP contribution in [0, 0.1) is 5.41 Å². The van der Waals surface area contributed by atoms with Gasteiger partial charge in [-0.1, -0.05) is 0 Å². The molecule has 1 amide bonds. The highest BCUT2D eigenvalue weighted by Crippen LogP contribution is 2.28. The second-order valence-corrected chi connectivity index (χ2v) is 3.98. The Hall–Kier alpha value is -1.52. The Balaban J connectivity index is 2.18. The highest BCUT2D eigenvalue weighted by atomic mass is 16.2. The van der Waals surface area contributed by atoms with E-state index in [-0.39, 0.29) is 11.3 Å². The zero-order valence-electron chi connectivity index (χ0n) is 8.16. The normalized spacial score (nSPS) is 26.5. The predicted molar refractivity (Wildman–Crippen MR) is 52.4 cm³/mol. The van der Waals surface area contributed by atoms with Crippen LogP contribution in [0.5, 0.6) is 0 Å². The van der Waals surface area contributed by atoms with E-state index in [0.29, 0.717) is 12.5 Å². The number of hydrogen-bond acceptors (Lipinski definition) is 3. The summed E-state index contributed by atoms with van der Waals surface area (Å²) in [4.78, 5) is 15.5. The maximum absolute atomic E-state index is 11.5. The molecule has 2 rings (SSSR count). The van der Waals surface area contributed by atoms with Crippen LogP contribution in [0.25, 0.3) is 0 Å². The highest BCUT2D eigenvalue weighted by molar-refractivity contribution is 5.84. The molecule has 14 heavy (non-hydrogen) atoms. The molecule has 5 heteroatoms. The van der Waals surface area contributed by atoms with E-state index in [1.807, 2.05) is 11.5 Å². The number of hydrogen-bond donors (Lipinski definition) is 2. The molecule has 0 aromatic carbocycles. The van der Waals surface area contributed by atoms with Crippen molar-refractivity contribution in [3.05, 3.63) is 12.4 Å². The first-order valence-electron chi connectivity index (χ1n) is 4.67. The summed E-state index contributed by atoms with van der Waals surface area (Å²) in [5.41, 5.74) is 5.30. The largest absolute Gasteiger partial charge is 0.369 e. The molecular formula is C9H14N4O. The zero-order chi connectivity index (χ0) is 10.2. The molecule has 0 aliphatic carbocycles. The van der Waals surface area contributed by atoms with Crippen molar-refractivity contribution in [1.82, 2.24) is 14.9 Å². The topological polar surface area (TPSA) is 72.9 Å². The van der Waals surface area contributed by atoms with Crippen LogP contribution in [0.1, 0.15) is 13.3 Å². The van der Waals surface area contributed by atoms with Gasteiger partial charge in [0.2, 0.25) is 5.91 Å². The number of nitrogen functional groups attached to an aromatic ring is 1. The van der Waals surface area contributed by atoms with Gasteiger partial charge in [-0.25, -0.2) is 4.98 Å². The van der Waals surface area contributed by atoms with Gasteiger partial charge in [0.15, 0.2) is 5.95 Å². The molecule has 1 aromatic heterocycles. The number of nitrogens with two attached hydrogens (primary N) is 1. The van der Waals surface area contributed by atoms with Crippen LogP contribution in [0.4, 0.5) is 5.95 Å². The average molecular weight is 194 g/mol. The van der Waals surface area contributed by atoms with Crippen molar-refractivity contribution >= 4 is 11.9 Å². The Bertz CT molecular complexity index is 359. The average Bonchev–Trinajstić information content (AvgIpc) is 2.64. The van der Waals surface area contributed by atoms with E-state index in [1.54, 1.807) is 12.4 Å². The molecule has 5 nitrogen and oxygen atoms in total. The van der Waals surface area contributed by atoms with Gasteiger partial charge >= 0.3 is 0 Å². The third-order valence-electron chi connectivity index (χ3n) is 2.78. The Morgan fingerprint density at radius 3 is 3.07 bits per heavy atom. The summed E-state index contributed by atoms with van der Waals surface area (Å²) in [6.45, 7) is 3.31. The summed E-state index contributed by atoms with van der Waals surface area (Å²) >= 11 is 0. The number of imidazole rings is 1. The van der Waals surface area contributed by atoms with Crippen LogP contribution < -0.4 is 11.1 Å². The minimum atomic E-state index is -0.338. The van der Waals surface area contributed by atoms with Crippen molar-refractivity contribution in [1.29, 1.82) is 0 Å². The lowest BCUT2D eigenvalue weighted by Crippen LogP contribution is -2.32. The van der Waals surface area contributed by atoms with Crippen molar-refractivity contribution < 1.29 is 4.79 Å². The molecule has 0 saturated carbocycles. The first-order chi connectivity index (χ1) is 6.62. The molecule has 1 atom stereocenters. The lowest BCUT2D eigenvalue weighted by atomic mass is 9.89. The number of carbonyl (C=O) groups excluding carboxylic acids is 1. The minimum Gasteiger partial charge on any atom is -0.369 e. The highest BCUT2D eigenvalue weighted by Gasteiger charge is 2.38. The molecule has 0 spiro atoms. The molecule has 0 radical (unpaired) electrons. The van der Waals surface area contributed by atoms with Gasteiger partial charge in [0.25, 0.3) is 0 Å². The fourth-order valence-electron chi connectivity index (χ4n) is 1.78. The monoisotopic (exact) mass is 194 g/mol. The second kappa shape index (κ2) is 3.01. The lowest BCUT2D eigenvalue weighted by molar-refractivity contribution is -0.127. The number of carbonyl (C=O) groups is 1. The Morgan fingerprint density at radius 2 is 2.57 bits per heavy atom. The molecular weight excluding hydrogens is 180 g/mol. The Kier molecular flexibility index (Phi) is 1.94. The minimum absolute atomic E-state index is 0.102. The van der Waals surface area contributed by atoms with E-state index in [9.17, 15) is 4.79 Å². The third-order valence-corrected chi connectivity index (χ3v) is 2.78. The van der Waals surface area contributed by atoms with Gasteiger partial charge in [-0.15, -0.1) is 0 Å². The van der Waals surface area contributed by atoms with Gasteiger partial charge < -0.3 is 15.6 Å². The summed E-state index contributed by atoms with van der Waals surface area (Å²) < 4.78 is 1.81. The van der Waals surface area contributed by atoms with Crippen LogP contribution in [-0.4, -0.2) is 22.0 Å². The molecule has 1 saturated heterocycles. The number of rotatable bonds is 2. The number of anilines is 1. The van der Waals surface area contributed by atoms with E-state index in [1.165, 1.54) is 0 Å². The summed E-state index contributed by atoms with van der Waals surface area (Å²) in [5, 5.41) is 2.83. The Labute approximate surface area is 82.3 Å². The molecule has 3 N–H and O–H groups in total. The van der Waals surface area contributed by atoms with E-state index < -0.39 is 0 Å². The maximum atomic E-state index is 11.5. The van der Waals surface area contributed by atoms with Crippen LogP contribution in [0.2, 0.25) is 0 Å². The summed E-state index contributed by atoms with van der Waals surface area (Å²) in [5.74, 6) is 0.566. The molecule has 1 aliphatic rings. The van der Waals surface area contributed by atoms with Crippen LogP contribution >= 0.6 is 0 Å². The van der Waals surface area contributed by atoms with E-state index in [4.69, 9.17) is 5.73 Å². The van der Waals surface area contributed by atoms with E-state index >= 15 is 0 Å². The predicted octanol–water partition coefficient (Wildman–Crippen LogP) is -0.00850. The molecule has 1 unspecified atom stereocenters. The molecule has 76 valence electrons. The first-order valence-corrected chi connectivity index (χ1v) is 4.67. The molecule has 0 bridgehead atoms. The fourth-order valence-corrected chi connectivity index (χ4v) is 1.78. The van der Waals surface area contributed by atoms with Crippen LogP contribution in [0.3, 0.4) is 0 Å². The standard InChI is InChI=1S/C9H14N4O/c1-9(2-3-11-7(9)14)6-13-5-4-12-8(13)10/h4-5H,2-3,6H2,1H3,(H2,10,12)(H,11,14). The van der Waals surface area contributed by atoms with Gasteiger partial charge in [0.05, 0.1) is 5.41 Å². The Morgan fingerprint density at radius 1 is 1.79 bits per heavy atom. The molecule has 1 aliphatic heterocycles. The van der Waals surface area contributed by atoms with Gasteiger partial charge in [-0.2, -0.15) is 0 Å². The smallest absolute Gasteiger partial charge is 0.227 e. The first kappa shape index (κ1) is 9.05. The van der Waals surface area contributed by atoms with Gasteiger partial charge in [0, 0.05) is 25.5 Å². The fraction of sp³-hybridized carbons (Fsp3) is 0.556. The van der Waals surface area contributed by atoms with Crippen molar-refractivity contribution in [2.24, 2.45) is 5.41 Å². The third kappa shape index (κ3) is 1.34. The maximum Gasteiger partial charge on any atom is 0.227 e. The van der Waals surface area contributed by atoms with Crippen LogP contribution in [0.15, 0.2) is 12.4 Å². The number of amides is 1. The zero-order valence-corrected chi connectivity index (χ0v) is 8.16. The van der Waals surface area contributed by atoms with E-state index in [2.05, 4.69) is 10.3 Å². The quantitative estimate of drug-likeness (QED) is 0.695. The second-order valence-electron chi connectivity index (χ2n) is 3.98.